The smallest absolute Gasteiger partial charge is 0.220 e. The molecule has 0 bridgehead atoms. The van der Waals surface area contributed by atoms with E-state index in [1.54, 1.807) is 0 Å². The van der Waals surface area contributed by atoms with E-state index in [1.165, 1.54) is 32.1 Å². The highest BCUT2D eigenvalue weighted by atomic mass is 16.5. The lowest BCUT2D eigenvalue weighted by molar-refractivity contribution is -0.122. The first-order chi connectivity index (χ1) is 8.83. The zero-order valence-corrected chi connectivity index (χ0v) is 11.7. The maximum Gasteiger partial charge on any atom is 0.220 e. The van der Waals surface area contributed by atoms with Crippen LogP contribution in [0.5, 0.6) is 0 Å². The molecule has 0 spiro atoms. The van der Waals surface area contributed by atoms with Gasteiger partial charge in [0.25, 0.3) is 0 Å². The zero-order valence-electron chi connectivity index (χ0n) is 11.7. The molecule has 4 heteroatoms. The standard InChI is InChI=1S/C14H28N2O2/c1-2-3-4-5-6-7-8-14(17)16-12-13-11-15-9-10-18-13/h13,15H,2-12H2,1H3,(H,16,17). The summed E-state index contributed by atoms with van der Waals surface area (Å²) >= 11 is 0. The van der Waals surface area contributed by atoms with Crippen molar-refractivity contribution in [2.45, 2.75) is 58.0 Å². The van der Waals surface area contributed by atoms with Gasteiger partial charge in [0, 0.05) is 26.1 Å². The molecule has 1 aliphatic heterocycles. The zero-order chi connectivity index (χ0) is 13.1. The molecule has 1 amide bonds. The minimum atomic E-state index is 0.146. The van der Waals surface area contributed by atoms with Crippen molar-refractivity contribution in [3.8, 4) is 0 Å². The molecule has 1 atom stereocenters. The molecule has 106 valence electrons. The molecule has 4 nitrogen and oxygen atoms in total. The van der Waals surface area contributed by atoms with Gasteiger partial charge in [-0.3, -0.25) is 4.79 Å². The molecule has 1 rings (SSSR count). The third-order valence-corrected chi connectivity index (χ3v) is 3.29. The van der Waals surface area contributed by atoms with E-state index >= 15 is 0 Å². The van der Waals surface area contributed by atoms with Crippen LogP contribution in [-0.4, -0.2) is 38.3 Å². The van der Waals surface area contributed by atoms with Crippen LogP contribution in [0.25, 0.3) is 0 Å². The van der Waals surface area contributed by atoms with Crippen molar-refractivity contribution in [1.29, 1.82) is 0 Å². The number of amides is 1. The van der Waals surface area contributed by atoms with Crippen LogP contribution in [0.3, 0.4) is 0 Å². The summed E-state index contributed by atoms with van der Waals surface area (Å²) in [6.45, 7) is 5.37. The number of carbonyl (C=O) groups excluding carboxylic acids is 1. The predicted molar refractivity (Wildman–Crippen MR) is 73.6 cm³/mol. The van der Waals surface area contributed by atoms with Gasteiger partial charge in [0.2, 0.25) is 5.91 Å². The number of ether oxygens (including phenoxy) is 1. The summed E-state index contributed by atoms with van der Waals surface area (Å²) in [5, 5.41) is 6.20. The Morgan fingerprint density at radius 1 is 1.28 bits per heavy atom. The average Bonchev–Trinajstić information content (AvgIpc) is 2.41. The van der Waals surface area contributed by atoms with Gasteiger partial charge in [0.1, 0.15) is 0 Å². The van der Waals surface area contributed by atoms with Crippen LogP contribution in [0.15, 0.2) is 0 Å². The average molecular weight is 256 g/mol. The molecular formula is C14H28N2O2. The number of nitrogens with one attached hydrogen (secondary N) is 2. The summed E-state index contributed by atoms with van der Waals surface area (Å²) in [5.74, 6) is 0.166. The monoisotopic (exact) mass is 256 g/mol. The van der Waals surface area contributed by atoms with Crippen molar-refractivity contribution in [2.24, 2.45) is 0 Å². The molecule has 0 radical (unpaired) electrons. The molecule has 0 aliphatic carbocycles. The van der Waals surface area contributed by atoms with Gasteiger partial charge in [-0.15, -0.1) is 0 Å². The van der Waals surface area contributed by atoms with Gasteiger partial charge in [-0.2, -0.15) is 0 Å². The summed E-state index contributed by atoms with van der Waals surface area (Å²) in [5.41, 5.74) is 0. The molecule has 0 aromatic heterocycles. The first kappa shape index (κ1) is 15.4. The Kier molecular flexibility index (Phi) is 8.86. The second kappa shape index (κ2) is 10.3. The molecule has 18 heavy (non-hydrogen) atoms. The van der Waals surface area contributed by atoms with Gasteiger partial charge in [-0.1, -0.05) is 39.0 Å². The summed E-state index contributed by atoms with van der Waals surface area (Å²) in [7, 11) is 0. The Hall–Kier alpha value is -0.610. The van der Waals surface area contributed by atoms with Crippen molar-refractivity contribution in [3.05, 3.63) is 0 Å². The van der Waals surface area contributed by atoms with E-state index in [1.807, 2.05) is 0 Å². The van der Waals surface area contributed by atoms with Crippen molar-refractivity contribution in [2.75, 3.05) is 26.2 Å². The molecule has 1 fully saturated rings. The molecule has 0 saturated carbocycles. The van der Waals surface area contributed by atoms with Crippen LogP contribution in [0, 0.1) is 0 Å². The SMILES string of the molecule is CCCCCCCCC(=O)NCC1CNCCO1. The summed E-state index contributed by atoms with van der Waals surface area (Å²) in [6, 6.07) is 0. The highest BCUT2D eigenvalue weighted by molar-refractivity contribution is 5.75. The second-order valence-corrected chi connectivity index (χ2v) is 5.02. The van der Waals surface area contributed by atoms with Crippen LogP contribution < -0.4 is 10.6 Å². The Morgan fingerprint density at radius 3 is 2.78 bits per heavy atom. The minimum Gasteiger partial charge on any atom is -0.374 e. The number of carbonyl (C=O) groups is 1. The largest absolute Gasteiger partial charge is 0.374 e. The van der Waals surface area contributed by atoms with Crippen LogP contribution in [0.2, 0.25) is 0 Å². The first-order valence-electron chi connectivity index (χ1n) is 7.42. The fraction of sp³-hybridized carbons (Fsp3) is 0.929. The fourth-order valence-electron chi connectivity index (χ4n) is 2.13. The minimum absolute atomic E-state index is 0.146. The molecule has 1 aliphatic rings. The molecule has 1 heterocycles. The van der Waals surface area contributed by atoms with Crippen molar-refractivity contribution < 1.29 is 9.53 Å². The highest BCUT2D eigenvalue weighted by Gasteiger charge is 2.13. The van der Waals surface area contributed by atoms with E-state index in [-0.39, 0.29) is 12.0 Å². The van der Waals surface area contributed by atoms with E-state index in [2.05, 4.69) is 17.6 Å². The predicted octanol–water partition coefficient (Wildman–Crippen LogP) is 1.84. The van der Waals surface area contributed by atoms with Crippen LogP contribution in [0.1, 0.15) is 51.9 Å². The Labute approximate surface area is 111 Å². The Bertz CT molecular complexity index is 216. The molecule has 1 unspecified atom stereocenters. The third-order valence-electron chi connectivity index (χ3n) is 3.29. The highest BCUT2D eigenvalue weighted by Crippen LogP contribution is 2.06. The van der Waals surface area contributed by atoms with Crippen LogP contribution in [-0.2, 0) is 9.53 Å². The van der Waals surface area contributed by atoms with Gasteiger partial charge in [-0.25, -0.2) is 0 Å². The quantitative estimate of drug-likeness (QED) is 0.619. The number of hydrogen-bond donors (Lipinski definition) is 2. The van der Waals surface area contributed by atoms with E-state index in [9.17, 15) is 4.79 Å². The van der Waals surface area contributed by atoms with E-state index in [0.717, 1.165) is 26.1 Å². The van der Waals surface area contributed by atoms with Gasteiger partial charge < -0.3 is 15.4 Å². The first-order valence-corrected chi connectivity index (χ1v) is 7.42. The second-order valence-electron chi connectivity index (χ2n) is 5.02. The van der Waals surface area contributed by atoms with Crippen molar-refractivity contribution in [3.63, 3.8) is 0 Å². The third kappa shape index (κ3) is 7.67. The fourth-order valence-corrected chi connectivity index (χ4v) is 2.13. The number of rotatable bonds is 9. The topological polar surface area (TPSA) is 50.4 Å². The lowest BCUT2D eigenvalue weighted by Crippen LogP contribution is -2.45. The number of unbranched alkanes of at least 4 members (excludes halogenated alkanes) is 5. The van der Waals surface area contributed by atoms with Crippen LogP contribution >= 0.6 is 0 Å². The van der Waals surface area contributed by atoms with E-state index < -0.39 is 0 Å². The molecule has 0 aromatic rings. The van der Waals surface area contributed by atoms with Crippen molar-refractivity contribution in [1.82, 2.24) is 10.6 Å². The van der Waals surface area contributed by atoms with Gasteiger partial charge in [0.05, 0.1) is 12.7 Å². The molecular weight excluding hydrogens is 228 g/mol. The summed E-state index contributed by atoms with van der Waals surface area (Å²) in [6.07, 6.45) is 8.15. The Morgan fingerprint density at radius 2 is 2.06 bits per heavy atom. The molecule has 2 N–H and O–H groups in total. The van der Waals surface area contributed by atoms with Crippen LogP contribution in [0.4, 0.5) is 0 Å². The number of morpholine rings is 1. The maximum absolute atomic E-state index is 11.6. The summed E-state index contributed by atoms with van der Waals surface area (Å²) in [4.78, 5) is 11.6. The summed E-state index contributed by atoms with van der Waals surface area (Å²) < 4.78 is 5.52. The van der Waals surface area contributed by atoms with Crippen molar-refractivity contribution >= 4 is 5.91 Å². The molecule has 0 aromatic carbocycles. The number of hydrogen-bond acceptors (Lipinski definition) is 3. The van der Waals surface area contributed by atoms with Gasteiger partial charge in [-0.05, 0) is 6.42 Å². The van der Waals surface area contributed by atoms with E-state index in [4.69, 9.17) is 4.74 Å². The Balaban J connectivity index is 1.90. The molecule has 1 saturated heterocycles. The normalized spacial score (nSPS) is 19.7. The van der Waals surface area contributed by atoms with Gasteiger partial charge >= 0.3 is 0 Å². The lowest BCUT2D eigenvalue weighted by atomic mass is 10.1. The lowest BCUT2D eigenvalue weighted by Gasteiger charge is -2.23. The van der Waals surface area contributed by atoms with E-state index in [0.29, 0.717) is 13.0 Å². The van der Waals surface area contributed by atoms with Gasteiger partial charge in [0.15, 0.2) is 0 Å². The maximum atomic E-state index is 11.6.